The fourth-order valence-electron chi connectivity index (χ4n) is 1.89. The molecule has 0 bridgehead atoms. The van der Waals surface area contributed by atoms with Crippen molar-refractivity contribution in [2.24, 2.45) is 0 Å². The molecular weight excluding hydrogens is 284 g/mol. The van der Waals surface area contributed by atoms with E-state index >= 15 is 0 Å². The number of thiazole rings is 1. The Bertz CT molecular complexity index is 795. The third kappa shape index (κ3) is 3.11. The number of benzene rings is 2. The molecule has 1 aromatic heterocycles. The lowest BCUT2D eigenvalue weighted by Gasteiger charge is -2.05. The monoisotopic (exact) mass is 298 g/mol. The van der Waals surface area contributed by atoms with Crippen LogP contribution in [-0.2, 0) is 0 Å². The Labute approximate surface area is 125 Å². The predicted molar refractivity (Wildman–Crippen MR) is 87.9 cm³/mol. The van der Waals surface area contributed by atoms with Crippen LogP contribution in [0, 0.1) is 6.92 Å². The molecule has 0 fully saturated rings. The number of aryl methyl sites for hydroxylation is 1. The number of hydrogen-bond acceptors (Lipinski definition) is 4. The third-order valence-corrected chi connectivity index (χ3v) is 3.88. The molecule has 6 heteroatoms. The van der Waals surface area contributed by atoms with Crippen molar-refractivity contribution in [1.29, 1.82) is 0 Å². The average Bonchev–Trinajstić information content (AvgIpc) is 2.82. The number of nitrogens with one attached hydrogen (secondary N) is 2. The Balaban J connectivity index is 1.72. The van der Waals surface area contributed by atoms with Gasteiger partial charge in [0.1, 0.15) is 0 Å². The van der Waals surface area contributed by atoms with E-state index in [1.807, 2.05) is 43.3 Å². The van der Waals surface area contributed by atoms with Gasteiger partial charge < -0.3 is 11.1 Å². The molecule has 0 unspecified atom stereocenters. The van der Waals surface area contributed by atoms with Crippen LogP contribution in [0.25, 0.3) is 10.2 Å². The number of nitrogen functional groups attached to an aromatic ring is 1. The molecule has 5 nitrogen and oxygen atoms in total. The summed E-state index contributed by atoms with van der Waals surface area (Å²) >= 11 is 1.39. The Morgan fingerprint density at radius 1 is 1.14 bits per heavy atom. The molecule has 1 heterocycles. The summed E-state index contributed by atoms with van der Waals surface area (Å²) in [5.74, 6) is 0. The van der Waals surface area contributed by atoms with Gasteiger partial charge in [-0.15, -0.1) is 0 Å². The zero-order valence-corrected chi connectivity index (χ0v) is 12.2. The number of hydrogen-bond donors (Lipinski definition) is 3. The topological polar surface area (TPSA) is 80.0 Å². The van der Waals surface area contributed by atoms with Crippen LogP contribution in [0.15, 0.2) is 42.5 Å². The van der Waals surface area contributed by atoms with Crippen LogP contribution >= 0.6 is 11.3 Å². The second kappa shape index (κ2) is 5.41. The molecule has 0 aliphatic heterocycles. The van der Waals surface area contributed by atoms with E-state index in [1.54, 1.807) is 6.07 Å². The number of nitrogens with two attached hydrogens (primary N) is 1. The first kappa shape index (κ1) is 13.4. The molecule has 0 saturated carbocycles. The smallest absolute Gasteiger partial charge is 0.325 e. The molecule has 0 spiro atoms. The van der Waals surface area contributed by atoms with Gasteiger partial charge in [-0.05, 0) is 37.3 Å². The minimum Gasteiger partial charge on any atom is -0.399 e. The Morgan fingerprint density at radius 2 is 1.90 bits per heavy atom. The Hall–Kier alpha value is -2.60. The van der Waals surface area contributed by atoms with Crippen LogP contribution in [-0.4, -0.2) is 11.0 Å². The number of amides is 2. The van der Waals surface area contributed by atoms with Crippen molar-refractivity contribution >= 4 is 44.1 Å². The first-order valence-corrected chi connectivity index (χ1v) is 7.22. The maximum Gasteiger partial charge on any atom is 0.325 e. The highest BCUT2D eigenvalue weighted by Gasteiger charge is 2.08. The van der Waals surface area contributed by atoms with Crippen molar-refractivity contribution in [2.45, 2.75) is 6.92 Å². The fourth-order valence-corrected chi connectivity index (χ4v) is 2.80. The van der Waals surface area contributed by atoms with E-state index in [0.717, 1.165) is 21.5 Å². The summed E-state index contributed by atoms with van der Waals surface area (Å²) in [6, 6.07) is 12.7. The van der Waals surface area contributed by atoms with Crippen LogP contribution in [0.1, 0.15) is 5.56 Å². The minimum atomic E-state index is -0.314. The summed E-state index contributed by atoms with van der Waals surface area (Å²) in [6.07, 6.45) is 0. The number of anilines is 3. The van der Waals surface area contributed by atoms with Crippen LogP contribution < -0.4 is 16.4 Å². The van der Waals surface area contributed by atoms with E-state index in [0.29, 0.717) is 10.8 Å². The number of urea groups is 1. The second-order valence-corrected chi connectivity index (χ2v) is 5.72. The molecule has 2 amide bonds. The molecule has 21 heavy (non-hydrogen) atoms. The molecule has 106 valence electrons. The van der Waals surface area contributed by atoms with Crippen molar-refractivity contribution in [3.63, 3.8) is 0 Å². The first-order valence-electron chi connectivity index (χ1n) is 6.41. The molecule has 0 radical (unpaired) electrons. The highest BCUT2D eigenvalue weighted by molar-refractivity contribution is 7.22. The van der Waals surface area contributed by atoms with Crippen molar-refractivity contribution in [1.82, 2.24) is 4.98 Å². The van der Waals surface area contributed by atoms with Gasteiger partial charge in [0.2, 0.25) is 0 Å². The van der Waals surface area contributed by atoms with Crippen LogP contribution in [0.4, 0.5) is 21.3 Å². The molecule has 0 aliphatic carbocycles. The minimum absolute atomic E-state index is 0.314. The second-order valence-electron chi connectivity index (χ2n) is 4.69. The summed E-state index contributed by atoms with van der Waals surface area (Å²) in [5.41, 5.74) is 9.11. The van der Waals surface area contributed by atoms with Gasteiger partial charge in [0.05, 0.1) is 10.2 Å². The van der Waals surface area contributed by atoms with E-state index in [9.17, 15) is 4.79 Å². The summed E-state index contributed by atoms with van der Waals surface area (Å²) in [7, 11) is 0. The molecule has 3 aromatic rings. The predicted octanol–water partition coefficient (Wildman–Crippen LogP) is 3.83. The van der Waals surface area contributed by atoms with Crippen LogP contribution in [0.5, 0.6) is 0 Å². The van der Waals surface area contributed by atoms with Crippen molar-refractivity contribution in [2.75, 3.05) is 16.4 Å². The SMILES string of the molecule is Cc1ccc(NC(=O)Nc2nc3ccc(N)cc3s2)cc1. The normalized spacial score (nSPS) is 10.5. The van der Waals surface area contributed by atoms with Crippen molar-refractivity contribution < 1.29 is 4.79 Å². The lowest BCUT2D eigenvalue weighted by molar-refractivity contribution is 0.262. The summed E-state index contributed by atoms with van der Waals surface area (Å²) < 4.78 is 0.945. The Morgan fingerprint density at radius 3 is 2.67 bits per heavy atom. The number of carbonyl (C=O) groups is 1. The summed E-state index contributed by atoms with van der Waals surface area (Å²) in [5, 5.41) is 6.04. The highest BCUT2D eigenvalue weighted by Crippen LogP contribution is 2.27. The van der Waals surface area contributed by atoms with Crippen molar-refractivity contribution in [3.05, 3.63) is 48.0 Å². The standard InChI is InChI=1S/C15H14N4OS/c1-9-2-5-11(6-3-9)17-14(20)19-15-18-12-7-4-10(16)8-13(12)21-15/h2-8H,16H2,1H3,(H2,17,18,19,20). The zero-order valence-electron chi connectivity index (χ0n) is 11.4. The molecule has 0 aliphatic rings. The largest absolute Gasteiger partial charge is 0.399 e. The maximum absolute atomic E-state index is 11.9. The van der Waals surface area contributed by atoms with Crippen LogP contribution in [0.3, 0.4) is 0 Å². The maximum atomic E-state index is 11.9. The fraction of sp³-hybridized carbons (Fsp3) is 0.0667. The average molecular weight is 298 g/mol. The van der Waals surface area contributed by atoms with E-state index in [-0.39, 0.29) is 6.03 Å². The van der Waals surface area contributed by atoms with Gasteiger partial charge in [-0.25, -0.2) is 9.78 Å². The quantitative estimate of drug-likeness (QED) is 0.629. The number of nitrogens with zero attached hydrogens (tertiary/aromatic N) is 1. The van der Waals surface area contributed by atoms with Gasteiger partial charge in [-0.2, -0.15) is 0 Å². The van der Waals surface area contributed by atoms with Gasteiger partial charge in [0.15, 0.2) is 5.13 Å². The highest BCUT2D eigenvalue weighted by atomic mass is 32.1. The van der Waals surface area contributed by atoms with Gasteiger partial charge in [0.25, 0.3) is 0 Å². The van der Waals surface area contributed by atoms with E-state index in [4.69, 9.17) is 5.73 Å². The van der Waals surface area contributed by atoms with Crippen molar-refractivity contribution in [3.8, 4) is 0 Å². The molecule has 3 rings (SSSR count). The van der Waals surface area contributed by atoms with Gasteiger partial charge in [-0.3, -0.25) is 5.32 Å². The summed E-state index contributed by atoms with van der Waals surface area (Å²) in [4.78, 5) is 16.3. The van der Waals surface area contributed by atoms with E-state index in [2.05, 4.69) is 15.6 Å². The van der Waals surface area contributed by atoms with E-state index < -0.39 is 0 Å². The number of carbonyl (C=O) groups excluding carboxylic acids is 1. The van der Waals surface area contributed by atoms with Gasteiger partial charge in [0, 0.05) is 11.4 Å². The molecule has 4 N–H and O–H groups in total. The molecular formula is C15H14N4OS. The number of fused-ring (bicyclic) bond motifs is 1. The molecule has 2 aromatic carbocycles. The molecule has 0 saturated heterocycles. The van der Waals surface area contributed by atoms with Gasteiger partial charge >= 0.3 is 6.03 Å². The molecule has 0 atom stereocenters. The lowest BCUT2D eigenvalue weighted by Crippen LogP contribution is -2.19. The Kier molecular flexibility index (Phi) is 3.45. The van der Waals surface area contributed by atoms with Gasteiger partial charge in [-0.1, -0.05) is 29.0 Å². The first-order chi connectivity index (χ1) is 10.1. The van der Waals surface area contributed by atoms with E-state index in [1.165, 1.54) is 11.3 Å². The summed E-state index contributed by atoms with van der Waals surface area (Å²) in [6.45, 7) is 2.00. The number of aromatic nitrogens is 1. The van der Waals surface area contributed by atoms with Crippen LogP contribution in [0.2, 0.25) is 0 Å². The zero-order chi connectivity index (χ0) is 14.8. The third-order valence-electron chi connectivity index (χ3n) is 2.94. The lowest BCUT2D eigenvalue weighted by atomic mass is 10.2. The number of rotatable bonds is 2.